The van der Waals surface area contributed by atoms with Crippen molar-refractivity contribution in [2.75, 3.05) is 0 Å². The largest absolute Gasteiger partial charge is 0.309 e. The Balaban J connectivity index is 0.000000142. The molecule has 1 aliphatic carbocycles. The molecule has 580 valence electrons. The molecule has 5 heterocycles. The first kappa shape index (κ1) is 64.4. The number of halogens is 1. The second-order valence-corrected chi connectivity index (χ2v) is 28.9. The highest BCUT2D eigenvalue weighted by molar-refractivity contribution is 6.11. The van der Waals surface area contributed by atoms with E-state index in [1.54, 1.807) is 30.3 Å². The number of nitrogens with zero attached hydrogens (tertiary/aromatic N) is 13. The van der Waals surface area contributed by atoms with Crippen molar-refractivity contribution in [3.63, 3.8) is 0 Å². The van der Waals surface area contributed by atoms with Gasteiger partial charge in [-0.25, -0.2) is 64.2 Å². The predicted molar refractivity (Wildman–Crippen MR) is 492 cm³/mol. The Morgan fingerprint density at radius 1 is 0.203 bits per heavy atom. The van der Waals surface area contributed by atoms with Crippen LogP contribution in [0.2, 0.25) is 0 Å². The lowest BCUT2D eigenvalue weighted by atomic mass is 9.99. The summed E-state index contributed by atoms with van der Waals surface area (Å²) < 4.78 is 103. The van der Waals surface area contributed by atoms with Gasteiger partial charge in [0.1, 0.15) is 5.82 Å². The van der Waals surface area contributed by atoms with Crippen LogP contribution in [0.4, 0.5) is 4.39 Å². The van der Waals surface area contributed by atoms with Crippen molar-refractivity contribution in [2.45, 2.75) is 6.42 Å². The molecule has 1 aliphatic rings. The van der Waals surface area contributed by atoms with Crippen molar-refractivity contribution < 1.29 is 18.1 Å². The summed E-state index contributed by atoms with van der Waals surface area (Å²) in [6.07, 6.45) is 1.07. The number of hydrogen-bond acceptors (Lipinski definition) is 12. The van der Waals surface area contributed by atoms with Crippen molar-refractivity contribution >= 4 is 21.8 Å². The van der Waals surface area contributed by atoms with Crippen LogP contribution in [-0.2, 0) is 6.42 Å². The summed E-state index contributed by atoms with van der Waals surface area (Å²) in [5, 5.41) is 2.08. The monoisotopic (exact) mass is 1590 g/mol. The highest BCUT2D eigenvalue weighted by atomic mass is 19.1. The van der Waals surface area contributed by atoms with Gasteiger partial charge >= 0.3 is 0 Å². The molecule has 0 fully saturated rings. The van der Waals surface area contributed by atoms with Gasteiger partial charge in [0.15, 0.2) is 69.9 Å². The average molecular weight is 1590 g/mol. The molecule has 0 saturated heterocycles. The van der Waals surface area contributed by atoms with Gasteiger partial charge in [-0.2, -0.15) is 0 Å². The molecule has 0 radical (unpaired) electrons. The average Bonchev–Trinajstić information content (AvgIpc) is 1.65. The van der Waals surface area contributed by atoms with Gasteiger partial charge in [-0.15, -0.1) is 0 Å². The summed E-state index contributed by atoms with van der Waals surface area (Å²) in [6.45, 7) is 0. The fraction of sp³-hybridized carbons (Fsp3) is 0.00917. The van der Waals surface area contributed by atoms with Crippen LogP contribution < -0.4 is 0 Å². The minimum Gasteiger partial charge on any atom is -0.309 e. The molecule has 0 atom stereocenters. The molecule has 14 heteroatoms. The van der Waals surface area contributed by atoms with Crippen molar-refractivity contribution in [1.82, 2.24) is 64.4 Å². The molecule has 22 rings (SSSR count). The van der Waals surface area contributed by atoms with E-state index in [2.05, 4.69) is 135 Å². The molecule has 21 aromatic rings. The summed E-state index contributed by atoms with van der Waals surface area (Å²) in [5.74, 6) is 2.11. The van der Waals surface area contributed by atoms with Crippen LogP contribution in [0, 0.1) is 5.82 Å². The maximum absolute atomic E-state index is 15.8. The van der Waals surface area contributed by atoms with E-state index in [0.717, 1.165) is 67.3 Å². The van der Waals surface area contributed by atoms with E-state index in [0.29, 0.717) is 56.9 Å². The molecular weight excluding hydrogens is 1510 g/mol. The topological polar surface area (TPSA) is 160 Å². The van der Waals surface area contributed by atoms with Gasteiger partial charge in [0, 0.05) is 72.0 Å². The number of hydrogen-bond donors (Lipinski definition) is 0. The second kappa shape index (κ2) is 34.1. The van der Waals surface area contributed by atoms with E-state index in [9.17, 15) is 0 Å². The maximum Gasteiger partial charge on any atom is 0.167 e. The highest BCUT2D eigenvalue weighted by Gasteiger charge is 2.25. The van der Waals surface area contributed by atoms with Gasteiger partial charge in [-0.1, -0.05) is 364 Å². The van der Waals surface area contributed by atoms with Crippen molar-refractivity contribution in [2.24, 2.45) is 0 Å². The Morgan fingerprint density at radius 3 is 0.943 bits per heavy atom. The fourth-order valence-electron chi connectivity index (χ4n) is 15.1. The molecule has 0 amide bonds. The normalized spacial score (nSPS) is 12.4. The molecule has 0 unspecified atom stereocenters. The molecule has 5 aromatic heterocycles. The molecule has 0 N–H and O–H groups in total. The molecule has 0 spiro atoms. The standard InChI is InChI=1S/C54H35N7.C36H23FN6.C19H14/c1-6-18-36(19-7-1)41-30-32-47-44(34-41)43-28-16-17-29-46(43)61(47)48-33-31-42(53-57-49(37-20-8-2-9-21-37)55-50(58-53)38-22-10-3-11-23-38)35-45(48)54-59-51(39-24-12-4-13-25-39)56-52(60-54)40-26-14-5-15-27-40;37-30-22-21-28(35-40-31(24-13-5-1-6-14-24)38-32(41-35)25-15-7-2-8-16-25)23-29(30)36-42-33(26-17-9-3-10-18-26)39-34(43-36)27-19-11-4-12-20-27;1-2-6-14(7-3-1)15-10-11-17-12-16-8-4-5-9-18(16)19(17)13-15/h1-35H;1-23H;1-11,13H,12H2/i4D,12D,13D,24D,25D;3D,9D,10D,17D,18D;. The van der Waals surface area contributed by atoms with E-state index in [-0.39, 0.29) is 57.5 Å². The minimum absolute atomic E-state index is 0.0244. The van der Waals surface area contributed by atoms with Crippen LogP contribution in [-0.4, -0.2) is 64.4 Å². The fourth-order valence-corrected chi connectivity index (χ4v) is 15.1. The zero-order chi connectivity index (χ0) is 90.9. The zero-order valence-corrected chi connectivity index (χ0v) is 65.5. The van der Waals surface area contributed by atoms with Crippen molar-refractivity contribution in [3.8, 4) is 176 Å². The number of benzene rings is 16. The second-order valence-electron chi connectivity index (χ2n) is 28.9. The Hall–Kier alpha value is -16.7. The van der Waals surface area contributed by atoms with Gasteiger partial charge < -0.3 is 4.57 Å². The summed E-state index contributed by atoms with van der Waals surface area (Å²) in [6, 6.07) is 113. The molecule has 13 nitrogen and oxygen atoms in total. The van der Waals surface area contributed by atoms with Crippen molar-refractivity contribution in [1.29, 1.82) is 0 Å². The van der Waals surface area contributed by atoms with Crippen LogP contribution in [0.3, 0.4) is 0 Å². The van der Waals surface area contributed by atoms with E-state index in [1.807, 2.05) is 206 Å². The van der Waals surface area contributed by atoms with Crippen LogP contribution in [0.25, 0.3) is 198 Å². The lowest BCUT2D eigenvalue weighted by Gasteiger charge is -2.16. The first-order chi connectivity index (χ1) is 65.0. The Labute approximate surface area is 723 Å². The first-order valence-corrected chi connectivity index (χ1v) is 39.8. The van der Waals surface area contributed by atoms with Crippen LogP contribution in [0.1, 0.15) is 24.8 Å². The number of aromatic nitrogens is 13. The lowest BCUT2D eigenvalue weighted by molar-refractivity contribution is 0.630. The minimum atomic E-state index is -0.656. The van der Waals surface area contributed by atoms with Gasteiger partial charge in [0.25, 0.3) is 0 Å². The quantitative estimate of drug-likeness (QED) is 0.0957. The van der Waals surface area contributed by atoms with Gasteiger partial charge in [0.2, 0.25) is 0 Å². The molecule has 123 heavy (non-hydrogen) atoms. The SMILES string of the molecule is [2H]c1c([2H])c([2H])c(-c2nc(-c3ccccc3)nc(-c3cc(-c4nc(-c5ccccc5)nc(-c5ccccc5)n4)ccc3-n3c4ccccc4c4cc(-c5ccccc5)ccc43)n2)c([2H])c1[2H].[2H]c1c([2H])c([2H])c(-c2nc(-c3ccccc3)nc(-c3cc(-c4nc(-c5ccccc5)nc(-c5ccccc5)n4)ccc3F)n2)c([2H])c1[2H].c1ccc(-c2ccc3c(c2)-c2ccccc2C3)cc1. The Bertz CT molecular complexity index is 7870. The van der Waals surface area contributed by atoms with Crippen LogP contribution >= 0.6 is 0 Å². The van der Waals surface area contributed by atoms with E-state index < -0.39 is 66.2 Å². The number of rotatable bonds is 15. The Morgan fingerprint density at radius 2 is 0.504 bits per heavy atom. The number of fused-ring (bicyclic) bond motifs is 6. The van der Waals surface area contributed by atoms with Crippen LogP contribution in [0.15, 0.2) is 424 Å². The molecule has 0 bridgehead atoms. The highest BCUT2D eigenvalue weighted by Crippen LogP contribution is 2.43. The third-order valence-electron chi connectivity index (χ3n) is 21.1. The summed E-state index contributed by atoms with van der Waals surface area (Å²) in [4.78, 5) is 57.7. The molecule has 0 aliphatic heterocycles. The molecular formula is C109H72FN13. The predicted octanol–water partition coefficient (Wildman–Crippen LogP) is 25.9. The summed E-state index contributed by atoms with van der Waals surface area (Å²) in [5.41, 5.74) is 18.7. The van der Waals surface area contributed by atoms with E-state index in [4.69, 9.17) is 58.6 Å². The third-order valence-corrected chi connectivity index (χ3v) is 21.1. The molecule has 0 saturated carbocycles. The maximum atomic E-state index is 15.8. The zero-order valence-electron chi connectivity index (χ0n) is 75.5. The van der Waals surface area contributed by atoms with Gasteiger partial charge in [-0.05, 0) is 112 Å². The number of para-hydroxylation sites is 1. The van der Waals surface area contributed by atoms with E-state index in [1.165, 1.54) is 45.5 Å². The van der Waals surface area contributed by atoms with Crippen LogP contribution in [0.5, 0.6) is 0 Å². The van der Waals surface area contributed by atoms with Crippen molar-refractivity contribution in [3.05, 3.63) is 441 Å². The van der Waals surface area contributed by atoms with E-state index >= 15 is 4.39 Å². The lowest BCUT2D eigenvalue weighted by Crippen LogP contribution is -2.05. The Kier molecular flexibility index (Phi) is 17.8. The smallest absolute Gasteiger partial charge is 0.167 e. The summed E-state index contributed by atoms with van der Waals surface area (Å²) >= 11 is 0. The van der Waals surface area contributed by atoms with Gasteiger partial charge in [0.05, 0.1) is 36.0 Å². The molecule has 16 aromatic carbocycles. The summed E-state index contributed by atoms with van der Waals surface area (Å²) in [7, 11) is 0. The first-order valence-electron chi connectivity index (χ1n) is 44.8. The van der Waals surface area contributed by atoms with Gasteiger partial charge in [-0.3, -0.25) is 0 Å². The third kappa shape index (κ3) is 16.0.